The van der Waals surface area contributed by atoms with Crippen LogP contribution in [0.5, 0.6) is 0 Å². The summed E-state index contributed by atoms with van der Waals surface area (Å²) in [5.41, 5.74) is 1.21. The summed E-state index contributed by atoms with van der Waals surface area (Å²) in [7, 11) is -3.51. The monoisotopic (exact) mass is 294 g/mol. The van der Waals surface area contributed by atoms with Gasteiger partial charge in [0.05, 0.1) is 17.6 Å². The molecule has 1 heterocycles. The second kappa shape index (κ2) is 6.00. The predicted molar refractivity (Wildman–Crippen MR) is 76.5 cm³/mol. The molecule has 0 aliphatic carbocycles. The number of hydrogen-bond acceptors (Lipinski definition) is 3. The lowest BCUT2D eigenvalue weighted by atomic mass is 10.0. The molecule has 0 saturated carbocycles. The number of sulfonamides is 1. The van der Waals surface area contributed by atoms with E-state index in [-0.39, 0.29) is 17.4 Å². The van der Waals surface area contributed by atoms with Crippen molar-refractivity contribution in [3.8, 4) is 0 Å². The van der Waals surface area contributed by atoms with Crippen LogP contribution >= 0.6 is 0 Å². The van der Waals surface area contributed by atoms with Crippen molar-refractivity contribution in [1.82, 2.24) is 4.98 Å². The van der Waals surface area contributed by atoms with E-state index in [1.165, 1.54) is 6.07 Å². The fraction of sp³-hybridized carbons (Fsp3) is 0.214. The van der Waals surface area contributed by atoms with Gasteiger partial charge in [0, 0.05) is 0 Å². The highest BCUT2D eigenvalue weighted by molar-refractivity contribution is 7.92. The van der Waals surface area contributed by atoms with E-state index in [4.69, 9.17) is 0 Å². The van der Waals surface area contributed by atoms with Gasteiger partial charge in [0.2, 0.25) is 16.0 Å². The molecular weight excluding hydrogens is 279 g/mol. The van der Waals surface area contributed by atoms with E-state index >= 15 is 0 Å². The van der Waals surface area contributed by atoms with Gasteiger partial charge in [-0.2, -0.15) is 4.39 Å². The molecule has 20 heavy (non-hydrogen) atoms. The predicted octanol–water partition coefficient (Wildman–Crippen LogP) is 2.77. The van der Waals surface area contributed by atoms with Crippen LogP contribution in [0.1, 0.15) is 18.4 Å². The molecule has 1 aromatic carbocycles. The van der Waals surface area contributed by atoms with Gasteiger partial charge in [-0.1, -0.05) is 37.3 Å². The van der Waals surface area contributed by atoms with Crippen LogP contribution in [0, 0.1) is 5.95 Å². The molecule has 0 fully saturated rings. The second-order valence-corrected chi connectivity index (χ2v) is 6.33. The zero-order chi connectivity index (χ0) is 14.6. The first-order valence-electron chi connectivity index (χ1n) is 6.13. The summed E-state index contributed by atoms with van der Waals surface area (Å²) in [6.07, 6.45) is 1.15. The van der Waals surface area contributed by atoms with E-state index in [0.717, 1.165) is 17.8 Å². The molecule has 0 aliphatic rings. The molecule has 0 radical (unpaired) electrons. The lowest BCUT2D eigenvalue weighted by Gasteiger charge is -2.13. The van der Waals surface area contributed by atoms with Gasteiger partial charge in [-0.15, -0.1) is 0 Å². The maximum atomic E-state index is 12.7. The molecule has 0 spiro atoms. The van der Waals surface area contributed by atoms with Crippen molar-refractivity contribution >= 4 is 15.7 Å². The van der Waals surface area contributed by atoms with Crippen LogP contribution in [0.3, 0.4) is 0 Å². The molecule has 106 valence electrons. The van der Waals surface area contributed by atoms with Crippen LogP contribution in [-0.2, 0) is 10.0 Å². The third kappa shape index (κ3) is 4.03. The van der Waals surface area contributed by atoms with Crippen LogP contribution < -0.4 is 4.72 Å². The molecule has 0 bridgehead atoms. The Labute approximate surface area is 117 Å². The molecule has 4 nitrogen and oxygen atoms in total. The zero-order valence-corrected chi connectivity index (χ0v) is 11.8. The highest BCUT2D eigenvalue weighted by Gasteiger charge is 2.17. The number of aromatic nitrogens is 1. The van der Waals surface area contributed by atoms with Crippen molar-refractivity contribution in [3.05, 3.63) is 60.2 Å². The van der Waals surface area contributed by atoms with Crippen LogP contribution in [0.2, 0.25) is 0 Å². The SMILES string of the molecule is CC(CS(=O)(=O)Nc1ccc(F)nc1)c1ccccc1. The van der Waals surface area contributed by atoms with Gasteiger partial charge in [0.1, 0.15) is 0 Å². The van der Waals surface area contributed by atoms with E-state index in [2.05, 4.69) is 9.71 Å². The van der Waals surface area contributed by atoms with E-state index < -0.39 is 16.0 Å². The molecule has 1 aromatic heterocycles. The van der Waals surface area contributed by atoms with E-state index in [0.29, 0.717) is 0 Å². The standard InChI is InChI=1S/C14H15FN2O2S/c1-11(12-5-3-2-4-6-12)10-20(18,19)17-13-7-8-14(15)16-9-13/h2-9,11,17H,10H2,1H3. The van der Waals surface area contributed by atoms with Crippen LogP contribution in [0.25, 0.3) is 0 Å². The minimum atomic E-state index is -3.51. The number of rotatable bonds is 5. The normalized spacial score (nSPS) is 12.9. The van der Waals surface area contributed by atoms with Gasteiger partial charge in [0.25, 0.3) is 0 Å². The van der Waals surface area contributed by atoms with Crippen LogP contribution in [-0.4, -0.2) is 19.2 Å². The minimum absolute atomic E-state index is 0.0472. The molecule has 1 atom stereocenters. The number of anilines is 1. The van der Waals surface area contributed by atoms with Gasteiger partial charge < -0.3 is 0 Å². The van der Waals surface area contributed by atoms with Crippen LogP contribution in [0.15, 0.2) is 48.7 Å². The Balaban J connectivity index is 2.06. The number of nitrogens with zero attached hydrogens (tertiary/aromatic N) is 1. The summed E-state index contributed by atoms with van der Waals surface area (Å²) >= 11 is 0. The van der Waals surface area contributed by atoms with Crippen molar-refractivity contribution in [2.24, 2.45) is 0 Å². The fourth-order valence-electron chi connectivity index (χ4n) is 1.86. The summed E-state index contributed by atoms with van der Waals surface area (Å²) in [4.78, 5) is 3.41. The third-order valence-corrected chi connectivity index (χ3v) is 4.32. The van der Waals surface area contributed by atoms with Crippen molar-refractivity contribution in [2.45, 2.75) is 12.8 Å². The molecule has 0 saturated heterocycles. The van der Waals surface area contributed by atoms with Gasteiger partial charge in [0.15, 0.2) is 0 Å². The molecule has 2 rings (SSSR count). The average Bonchev–Trinajstić information content (AvgIpc) is 2.41. The number of pyridine rings is 1. The second-order valence-electron chi connectivity index (χ2n) is 4.56. The molecule has 1 unspecified atom stereocenters. The Morgan fingerprint density at radius 2 is 1.90 bits per heavy atom. The quantitative estimate of drug-likeness (QED) is 0.863. The van der Waals surface area contributed by atoms with E-state index in [9.17, 15) is 12.8 Å². The highest BCUT2D eigenvalue weighted by Crippen LogP contribution is 2.18. The summed E-state index contributed by atoms with van der Waals surface area (Å²) in [5.74, 6) is -0.832. The summed E-state index contributed by atoms with van der Waals surface area (Å²) in [6.45, 7) is 1.84. The Morgan fingerprint density at radius 3 is 2.50 bits per heavy atom. The van der Waals surface area contributed by atoms with Crippen molar-refractivity contribution in [3.63, 3.8) is 0 Å². The third-order valence-electron chi connectivity index (χ3n) is 2.84. The lowest BCUT2D eigenvalue weighted by Crippen LogP contribution is -2.20. The van der Waals surface area contributed by atoms with Gasteiger partial charge >= 0.3 is 0 Å². The largest absolute Gasteiger partial charge is 0.282 e. The molecule has 1 N–H and O–H groups in total. The summed E-state index contributed by atoms with van der Waals surface area (Å²) in [5, 5.41) is 0. The highest BCUT2D eigenvalue weighted by atomic mass is 32.2. The molecule has 6 heteroatoms. The molecular formula is C14H15FN2O2S. The smallest absolute Gasteiger partial charge is 0.233 e. The number of nitrogens with one attached hydrogen (secondary N) is 1. The zero-order valence-electron chi connectivity index (χ0n) is 11.0. The first-order chi connectivity index (χ1) is 9.46. The summed E-state index contributed by atoms with van der Waals surface area (Å²) < 4.78 is 39.1. The van der Waals surface area contributed by atoms with E-state index in [1.54, 1.807) is 0 Å². The fourth-order valence-corrected chi connectivity index (χ4v) is 3.28. The number of benzene rings is 1. The molecule has 2 aromatic rings. The first-order valence-corrected chi connectivity index (χ1v) is 7.78. The summed E-state index contributed by atoms with van der Waals surface area (Å²) in [6, 6.07) is 11.9. The maximum absolute atomic E-state index is 12.7. The Kier molecular flexibility index (Phi) is 4.34. The topological polar surface area (TPSA) is 59.1 Å². The van der Waals surface area contributed by atoms with Crippen molar-refractivity contribution in [1.29, 1.82) is 0 Å². The Hall–Kier alpha value is -1.95. The maximum Gasteiger partial charge on any atom is 0.233 e. The molecule has 0 amide bonds. The van der Waals surface area contributed by atoms with Gasteiger partial charge in [-0.05, 0) is 23.6 Å². The van der Waals surface area contributed by atoms with Crippen LogP contribution in [0.4, 0.5) is 10.1 Å². The first kappa shape index (κ1) is 14.5. The number of hydrogen-bond donors (Lipinski definition) is 1. The van der Waals surface area contributed by atoms with Gasteiger partial charge in [-0.25, -0.2) is 13.4 Å². The Bertz CT molecular complexity index is 657. The molecule has 0 aliphatic heterocycles. The van der Waals surface area contributed by atoms with Gasteiger partial charge in [-0.3, -0.25) is 4.72 Å². The minimum Gasteiger partial charge on any atom is -0.282 e. The van der Waals surface area contributed by atoms with Crippen molar-refractivity contribution in [2.75, 3.05) is 10.5 Å². The van der Waals surface area contributed by atoms with Crippen molar-refractivity contribution < 1.29 is 12.8 Å². The number of halogens is 1. The average molecular weight is 294 g/mol. The lowest BCUT2D eigenvalue weighted by molar-refractivity contribution is 0.583. The Morgan fingerprint density at radius 1 is 1.20 bits per heavy atom. The van der Waals surface area contributed by atoms with E-state index in [1.807, 2.05) is 37.3 Å².